The molecule has 5 nitrogen and oxygen atoms in total. The maximum atomic E-state index is 9.33. The predicted molar refractivity (Wildman–Crippen MR) is 94.9 cm³/mol. The molecule has 0 radical (unpaired) electrons. The number of hydrogen-bond acceptors (Lipinski definition) is 5. The number of anilines is 1. The topological polar surface area (TPSA) is 69.3 Å². The first kappa shape index (κ1) is 16.8. The number of hydrogen-bond donors (Lipinski definition) is 0. The highest BCUT2D eigenvalue weighted by molar-refractivity contribution is 5.67. The van der Waals surface area contributed by atoms with Crippen molar-refractivity contribution in [2.75, 3.05) is 31.2 Å². The number of aryl methyl sites for hydroxylation is 2. The van der Waals surface area contributed by atoms with E-state index in [9.17, 15) is 10.5 Å². The van der Waals surface area contributed by atoms with Crippen LogP contribution in [0.1, 0.15) is 22.3 Å². The molecule has 0 amide bonds. The highest BCUT2D eigenvalue weighted by Gasteiger charge is 2.19. The second kappa shape index (κ2) is 7.25. The molecule has 1 saturated heterocycles. The Balaban J connectivity index is 2.04. The molecule has 1 fully saturated rings. The molecule has 0 bridgehead atoms. The second-order valence-electron chi connectivity index (χ2n) is 6.04. The minimum absolute atomic E-state index is 0.318. The van der Waals surface area contributed by atoms with Crippen molar-refractivity contribution in [1.82, 2.24) is 0 Å². The van der Waals surface area contributed by atoms with Crippen molar-refractivity contribution in [3.8, 4) is 23.6 Å². The molecule has 0 spiro atoms. The van der Waals surface area contributed by atoms with Crippen LogP contribution in [-0.4, -0.2) is 26.3 Å². The summed E-state index contributed by atoms with van der Waals surface area (Å²) < 4.78 is 11.5. The van der Waals surface area contributed by atoms with Gasteiger partial charge in [-0.3, -0.25) is 0 Å². The minimum atomic E-state index is 0.318. The lowest BCUT2D eigenvalue weighted by Gasteiger charge is -2.30. The van der Waals surface area contributed by atoms with Crippen LogP contribution in [0.2, 0.25) is 0 Å². The third-order valence-corrected chi connectivity index (χ3v) is 4.40. The first-order chi connectivity index (χ1) is 12.1. The zero-order valence-electron chi connectivity index (χ0n) is 14.4. The Hall–Kier alpha value is -3.02. The number of ether oxygens (including phenoxy) is 2. The number of morpholine rings is 1. The molecule has 0 aliphatic carbocycles. The van der Waals surface area contributed by atoms with Crippen LogP contribution >= 0.6 is 0 Å². The van der Waals surface area contributed by atoms with E-state index in [2.05, 4.69) is 17.0 Å². The molecule has 1 aliphatic rings. The molecule has 5 heteroatoms. The van der Waals surface area contributed by atoms with E-state index in [1.165, 1.54) is 5.56 Å². The molecule has 0 saturated carbocycles. The number of rotatable bonds is 3. The van der Waals surface area contributed by atoms with E-state index in [0.29, 0.717) is 35.8 Å². The van der Waals surface area contributed by atoms with E-state index in [4.69, 9.17) is 9.47 Å². The summed E-state index contributed by atoms with van der Waals surface area (Å²) in [6.07, 6.45) is 0. The molecule has 3 rings (SSSR count). The van der Waals surface area contributed by atoms with Gasteiger partial charge in [0.25, 0.3) is 0 Å². The fourth-order valence-corrected chi connectivity index (χ4v) is 2.79. The Labute approximate surface area is 147 Å². The third kappa shape index (κ3) is 3.57. The second-order valence-corrected chi connectivity index (χ2v) is 6.04. The molecule has 1 heterocycles. The molecule has 2 aromatic carbocycles. The van der Waals surface area contributed by atoms with Gasteiger partial charge in [0.2, 0.25) is 0 Å². The van der Waals surface area contributed by atoms with E-state index >= 15 is 0 Å². The molecule has 0 N–H and O–H groups in total. The lowest BCUT2D eigenvalue weighted by molar-refractivity contribution is 0.122. The van der Waals surface area contributed by atoms with Gasteiger partial charge in [-0.25, -0.2) is 0 Å². The van der Waals surface area contributed by atoms with E-state index in [1.807, 2.05) is 32.0 Å². The summed E-state index contributed by atoms with van der Waals surface area (Å²) >= 11 is 0. The smallest absolute Gasteiger partial charge is 0.152 e. The van der Waals surface area contributed by atoms with Crippen LogP contribution in [0.3, 0.4) is 0 Å². The van der Waals surface area contributed by atoms with Gasteiger partial charge in [0.05, 0.1) is 30.0 Å². The Morgan fingerprint density at radius 2 is 1.64 bits per heavy atom. The van der Waals surface area contributed by atoms with Crippen LogP contribution in [-0.2, 0) is 4.74 Å². The van der Waals surface area contributed by atoms with Gasteiger partial charge in [-0.15, -0.1) is 0 Å². The molecule has 0 aromatic heterocycles. The van der Waals surface area contributed by atoms with Crippen LogP contribution < -0.4 is 9.64 Å². The number of nitriles is 2. The first-order valence-electron chi connectivity index (χ1n) is 8.18. The summed E-state index contributed by atoms with van der Waals surface area (Å²) in [5.74, 6) is 1.30. The van der Waals surface area contributed by atoms with E-state index in [1.54, 1.807) is 12.1 Å². The van der Waals surface area contributed by atoms with Gasteiger partial charge in [-0.05, 0) is 43.2 Å². The largest absolute Gasteiger partial charge is 0.455 e. The Bertz CT molecular complexity index is 872. The lowest BCUT2D eigenvalue weighted by atomic mass is 10.1. The normalized spacial score (nSPS) is 13.8. The van der Waals surface area contributed by atoms with Crippen molar-refractivity contribution in [3.63, 3.8) is 0 Å². The first-order valence-corrected chi connectivity index (χ1v) is 8.18. The summed E-state index contributed by atoms with van der Waals surface area (Å²) in [4.78, 5) is 2.13. The molecule has 0 atom stereocenters. The van der Waals surface area contributed by atoms with Gasteiger partial charge >= 0.3 is 0 Å². The predicted octanol–water partition coefficient (Wildman–Crippen LogP) is 3.68. The van der Waals surface area contributed by atoms with Crippen LogP contribution in [0.4, 0.5) is 5.69 Å². The van der Waals surface area contributed by atoms with Gasteiger partial charge in [-0.1, -0.05) is 6.07 Å². The summed E-state index contributed by atoms with van der Waals surface area (Å²) in [5, 5.41) is 18.7. The van der Waals surface area contributed by atoms with Crippen molar-refractivity contribution < 1.29 is 9.47 Å². The van der Waals surface area contributed by atoms with Crippen LogP contribution in [0, 0.1) is 36.5 Å². The standard InChI is InChI=1S/C20H19N3O2/c1-14-3-4-18(9-15(14)2)25-20-11-17(13-22)16(12-21)10-19(20)23-5-7-24-8-6-23/h3-4,9-11H,5-8H2,1-2H3. The molecule has 25 heavy (non-hydrogen) atoms. The van der Waals surface area contributed by atoms with Crippen molar-refractivity contribution in [2.45, 2.75) is 13.8 Å². The summed E-state index contributed by atoms with van der Waals surface area (Å²) in [7, 11) is 0. The van der Waals surface area contributed by atoms with Gasteiger partial charge < -0.3 is 14.4 Å². The average Bonchev–Trinajstić information content (AvgIpc) is 2.65. The molecule has 2 aromatic rings. The molecular weight excluding hydrogens is 314 g/mol. The van der Waals surface area contributed by atoms with Gasteiger partial charge in [0.15, 0.2) is 5.75 Å². The van der Waals surface area contributed by atoms with Gasteiger partial charge in [0, 0.05) is 19.2 Å². The zero-order valence-corrected chi connectivity index (χ0v) is 14.4. The van der Waals surface area contributed by atoms with Crippen molar-refractivity contribution in [2.24, 2.45) is 0 Å². The zero-order chi connectivity index (χ0) is 17.8. The highest BCUT2D eigenvalue weighted by atomic mass is 16.5. The SMILES string of the molecule is Cc1ccc(Oc2cc(C#N)c(C#N)cc2N2CCOCC2)cc1C. The minimum Gasteiger partial charge on any atom is -0.455 e. The monoisotopic (exact) mass is 333 g/mol. The van der Waals surface area contributed by atoms with Crippen molar-refractivity contribution in [1.29, 1.82) is 10.5 Å². The Morgan fingerprint density at radius 1 is 0.960 bits per heavy atom. The average molecular weight is 333 g/mol. The Kier molecular flexibility index (Phi) is 4.88. The van der Waals surface area contributed by atoms with Crippen LogP contribution in [0.15, 0.2) is 30.3 Å². The van der Waals surface area contributed by atoms with Gasteiger partial charge in [-0.2, -0.15) is 10.5 Å². The summed E-state index contributed by atoms with van der Waals surface area (Å²) in [6.45, 7) is 6.79. The van der Waals surface area contributed by atoms with Crippen LogP contribution in [0.5, 0.6) is 11.5 Å². The van der Waals surface area contributed by atoms with E-state index in [-0.39, 0.29) is 0 Å². The summed E-state index contributed by atoms with van der Waals surface area (Å²) in [5.41, 5.74) is 3.82. The molecule has 1 aliphatic heterocycles. The maximum absolute atomic E-state index is 9.33. The van der Waals surface area contributed by atoms with E-state index in [0.717, 1.165) is 24.3 Å². The quantitative estimate of drug-likeness (QED) is 0.857. The number of benzene rings is 2. The fourth-order valence-electron chi connectivity index (χ4n) is 2.79. The third-order valence-electron chi connectivity index (χ3n) is 4.40. The maximum Gasteiger partial charge on any atom is 0.152 e. The molecular formula is C20H19N3O2. The van der Waals surface area contributed by atoms with Crippen LogP contribution in [0.25, 0.3) is 0 Å². The summed E-state index contributed by atoms with van der Waals surface area (Å²) in [6, 6.07) is 13.5. The van der Waals surface area contributed by atoms with E-state index < -0.39 is 0 Å². The Morgan fingerprint density at radius 3 is 2.28 bits per heavy atom. The van der Waals surface area contributed by atoms with Gasteiger partial charge in [0.1, 0.15) is 17.9 Å². The fraction of sp³-hybridized carbons (Fsp3) is 0.300. The van der Waals surface area contributed by atoms with Crippen molar-refractivity contribution >= 4 is 5.69 Å². The van der Waals surface area contributed by atoms with Crippen molar-refractivity contribution in [3.05, 3.63) is 52.6 Å². The molecule has 126 valence electrons. The lowest BCUT2D eigenvalue weighted by Crippen LogP contribution is -2.36. The molecule has 0 unspecified atom stereocenters. The number of nitrogens with zero attached hydrogens (tertiary/aromatic N) is 3. The highest BCUT2D eigenvalue weighted by Crippen LogP contribution is 2.36.